The lowest BCUT2D eigenvalue weighted by Gasteiger charge is -2.09. The molecule has 21 heavy (non-hydrogen) atoms. The molecule has 0 radical (unpaired) electrons. The van der Waals surface area contributed by atoms with Gasteiger partial charge >= 0.3 is 5.82 Å². The van der Waals surface area contributed by atoms with Crippen LogP contribution < -0.4 is 4.43 Å². The van der Waals surface area contributed by atoms with E-state index in [1.165, 1.54) is 11.1 Å². The Bertz CT molecular complexity index is 737. The van der Waals surface area contributed by atoms with Crippen molar-refractivity contribution in [3.8, 4) is 0 Å². The first kappa shape index (κ1) is 14.0. The van der Waals surface area contributed by atoms with E-state index in [-0.39, 0.29) is 0 Å². The summed E-state index contributed by atoms with van der Waals surface area (Å²) in [6, 6.07) is 3.70. The summed E-state index contributed by atoms with van der Waals surface area (Å²) in [7, 11) is 3.96. The predicted molar refractivity (Wildman–Crippen MR) is 80.8 cm³/mol. The molecule has 3 rings (SSSR count). The molecule has 6 heteroatoms. The van der Waals surface area contributed by atoms with Gasteiger partial charge in [0, 0.05) is 4.43 Å². The fourth-order valence-corrected chi connectivity index (χ4v) is 2.96. The maximum absolute atomic E-state index is 12.4. The molecule has 2 aromatic rings. The Morgan fingerprint density at radius 3 is 2.76 bits per heavy atom. The third-order valence-corrected chi connectivity index (χ3v) is 4.06. The fourth-order valence-electron chi connectivity index (χ4n) is 2.96. The molecule has 112 valence electrons. The first-order chi connectivity index (χ1) is 10.1. The van der Waals surface area contributed by atoms with Gasteiger partial charge in [0.15, 0.2) is 0 Å². The molecule has 1 aliphatic carbocycles. The summed E-state index contributed by atoms with van der Waals surface area (Å²) in [6.07, 6.45) is 4.37. The number of aryl methyl sites for hydroxylation is 3. The fraction of sp³-hybridized carbons (Fsp3) is 0.533. The summed E-state index contributed by atoms with van der Waals surface area (Å²) in [4.78, 5) is 15.1. The third-order valence-electron chi connectivity index (χ3n) is 4.06. The minimum absolute atomic E-state index is 0.303. The van der Waals surface area contributed by atoms with Crippen LogP contribution in [0.2, 0.25) is 0 Å². The van der Waals surface area contributed by atoms with Crippen molar-refractivity contribution in [2.45, 2.75) is 32.1 Å². The summed E-state index contributed by atoms with van der Waals surface area (Å²) >= 11 is 0. The molecule has 0 N–H and O–H groups in total. The lowest BCUT2D eigenvalue weighted by atomic mass is 10.1. The van der Waals surface area contributed by atoms with Gasteiger partial charge in [-0.15, -0.1) is 0 Å². The standard InChI is InChI=1S/C15H20N4O2/c1-17(2)8-4-7-15-16-19(21)14-10-12-6-3-5-11(12)9-13(14)18(15)20/h9-10H,3-8H2,1-2H3. The minimum atomic E-state index is 0.303. The topological polar surface area (TPSA) is 67.1 Å². The molecule has 1 aromatic carbocycles. The van der Waals surface area contributed by atoms with Gasteiger partial charge in [-0.3, -0.25) is 0 Å². The Hall–Kier alpha value is -1.95. The Kier molecular flexibility index (Phi) is 3.63. The van der Waals surface area contributed by atoms with Crippen LogP contribution in [0.4, 0.5) is 0 Å². The second-order valence-electron chi connectivity index (χ2n) is 5.95. The van der Waals surface area contributed by atoms with E-state index in [4.69, 9.17) is 0 Å². The minimum Gasteiger partial charge on any atom is -0.772 e. The summed E-state index contributed by atoms with van der Waals surface area (Å²) in [5.74, 6) is 0.303. The highest BCUT2D eigenvalue weighted by molar-refractivity contribution is 5.74. The predicted octanol–water partition coefficient (Wildman–Crippen LogP) is 1.28. The molecule has 1 aliphatic rings. The highest BCUT2D eigenvalue weighted by atomic mass is 16.5. The number of aromatic nitrogens is 3. The van der Waals surface area contributed by atoms with Crippen LogP contribution in [0.1, 0.15) is 29.8 Å². The molecule has 0 fully saturated rings. The maximum atomic E-state index is 12.4. The first-order valence-corrected chi connectivity index (χ1v) is 7.39. The second-order valence-corrected chi connectivity index (χ2v) is 5.95. The average Bonchev–Trinajstić information content (AvgIpc) is 2.89. The van der Waals surface area contributed by atoms with E-state index in [0.29, 0.717) is 28.1 Å². The lowest BCUT2D eigenvalue weighted by Crippen LogP contribution is -2.28. The smallest absolute Gasteiger partial charge is 0.367 e. The van der Waals surface area contributed by atoms with E-state index in [1.54, 1.807) is 0 Å². The molecular formula is C15H20N4O2. The van der Waals surface area contributed by atoms with Crippen molar-refractivity contribution in [1.82, 2.24) is 14.8 Å². The Labute approximate surface area is 123 Å². The molecular weight excluding hydrogens is 268 g/mol. The van der Waals surface area contributed by atoms with Crippen molar-refractivity contribution in [3.05, 3.63) is 39.2 Å². The van der Waals surface area contributed by atoms with Gasteiger partial charge in [-0.25, -0.2) is 0 Å². The number of fused-ring (bicyclic) bond motifs is 2. The molecule has 0 amide bonds. The first-order valence-electron chi connectivity index (χ1n) is 7.39. The van der Waals surface area contributed by atoms with Crippen LogP contribution in [0.3, 0.4) is 0 Å². The molecule has 0 spiro atoms. The molecule has 1 heterocycles. The number of benzene rings is 1. The molecule has 0 saturated heterocycles. The maximum Gasteiger partial charge on any atom is 0.367 e. The summed E-state index contributed by atoms with van der Waals surface area (Å²) in [5.41, 5.74) is 3.19. The number of hydrogen-bond acceptors (Lipinski definition) is 4. The van der Waals surface area contributed by atoms with Gasteiger partial charge in [0.05, 0.1) is 11.5 Å². The van der Waals surface area contributed by atoms with E-state index in [2.05, 4.69) is 5.10 Å². The van der Waals surface area contributed by atoms with Crippen LogP contribution >= 0.6 is 0 Å². The molecule has 0 saturated carbocycles. The van der Waals surface area contributed by atoms with Crippen LogP contribution in [0.15, 0.2) is 12.1 Å². The van der Waals surface area contributed by atoms with Gasteiger partial charge in [0.1, 0.15) is 5.52 Å². The number of hydrogen-bond donors (Lipinski definition) is 0. The van der Waals surface area contributed by atoms with Gasteiger partial charge in [-0.1, -0.05) is 4.91 Å². The zero-order valence-corrected chi connectivity index (χ0v) is 12.5. The van der Waals surface area contributed by atoms with Gasteiger partial charge in [0.25, 0.3) is 0 Å². The number of nitrogens with zero attached hydrogens (tertiary/aromatic N) is 4. The van der Waals surface area contributed by atoms with Crippen molar-refractivity contribution >= 4 is 11.0 Å². The molecule has 0 bridgehead atoms. The highest BCUT2D eigenvalue weighted by Gasteiger charge is 2.20. The van der Waals surface area contributed by atoms with Gasteiger partial charge < -0.3 is 10.1 Å². The summed E-state index contributed by atoms with van der Waals surface area (Å²) in [5, 5.41) is 16.0. The van der Waals surface area contributed by atoms with Crippen LogP contribution in [0.5, 0.6) is 0 Å². The Morgan fingerprint density at radius 1 is 1.33 bits per heavy atom. The van der Waals surface area contributed by atoms with Gasteiger partial charge in [0.2, 0.25) is 5.52 Å². The number of rotatable bonds is 4. The molecule has 0 atom stereocenters. The van der Waals surface area contributed by atoms with Crippen LogP contribution in [-0.4, -0.2) is 35.5 Å². The SMILES string of the molecule is CN(C)CCCc1nn([O-])c2cc3c(cc2[n+]1=O)CCC3. The van der Waals surface area contributed by atoms with E-state index in [9.17, 15) is 10.1 Å². The highest BCUT2D eigenvalue weighted by Crippen LogP contribution is 2.25. The van der Waals surface area contributed by atoms with E-state index >= 15 is 0 Å². The van der Waals surface area contributed by atoms with Crippen molar-refractivity contribution in [1.29, 1.82) is 0 Å². The van der Waals surface area contributed by atoms with Crippen molar-refractivity contribution < 1.29 is 4.43 Å². The molecule has 6 nitrogen and oxygen atoms in total. The van der Waals surface area contributed by atoms with Crippen LogP contribution in [0, 0.1) is 10.1 Å². The summed E-state index contributed by atoms with van der Waals surface area (Å²) < 4.78 is 0.831. The molecule has 0 unspecified atom stereocenters. The lowest BCUT2D eigenvalue weighted by molar-refractivity contribution is -0.480. The van der Waals surface area contributed by atoms with E-state index < -0.39 is 0 Å². The zero-order valence-electron chi connectivity index (χ0n) is 12.5. The van der Waals surface area contributed by atoms with Crippen molar-refractivity contribution in [2.75, 3.05) is 20.6 Å². The largest absolute Gasteiger partial charge is 0.772 e. The normalized spacial score (nSPS) is 14.0. The van der Waals surface area contributed by atoms with Gasteiger partial charge in [-0.05, 0) is 69.6 Å². The van der Waals surface area contributed by atoms with E-state index in [0.717, 1.165) is 36.7 Å². The quantitative estimate of drug-likeness (QED) is 0.795. The Morgan fingerprint density at radius 2 is 2.05 bits per heavy atom. The van der Waals surface area contributed by atoms with E-state index in [1.807, 2.05) is 31.1 Å². The van der Waals surface area contributed by atoms with Crippen molar-refractivity contribution in [2.24, 2.45) is 0 Å². The Balaban J connectivity index is 2.02. The van der Waals surface area contributed by atoms with Crippen LogP contribution in [0.25, 0.3) is 11.0 Å². The van der Waals surface area contributed by atoms with Crippen LogP contribution in [-0.2, 0) is 19.3 Å². The monoisotopic (exact) mass is 288 g/mol. The average molecular weight is 288 g/mol. The van der Waals surface area contributed by atoms with Crippen molar-refractivity contribution in [3.63, 3.8) is 0 Å². The third kappa shape index (κ3) is 2.63. The zero-order chi connectivity index (χ0) is 15.0. The summed E-state index contributed by atoms with van der Waals surface area (Å²) in [6.45, 7) is 0.864. The second kappa shape index (κ2) is 5.44. The van der Waals surface area contributed by atoms with Gasteiger partial charge in [-0.2, -0.15) is 4.85 Å². The molecule has 1 aromatic heterocycles. The molecule has 0 aliphatic heterocycles.